The minimum Gasteiger partial charge on any atom is -0.478 e. The number of nitrogens with one attached hydrogen (secondary N) is 2. The van der Waals surface area contributed by atoms with Crippen molar-refractivity contribution in [2.24, 2.45) is 21.8 Å². The van der Waals surface area contributed by atoms with Crippen LogP contribution in [0, 0.1) is 11.3 Å². The number of aliphatic imine (C=N–C) groups is 1. The standard InChI is InChI=1S/C25H33N9O7S3/c1-5-11-16(26)31-24(33(6-2)17(11)27)44-8-10-7-42-20-14(19(36)34(20)15(10)21(37)38)30-18(35)13(12-9-43-23(28)29-12)32-41-25(3,4)22(39)40/h9,11,14,17,20,26H,5-8,27H2,1-4H3,(H2,28,29)(H,30,35)(H,37,38)(H,39,40)/t11?,14?,17?,20-/m0/s1. The number of hydrogen-bond acceptors (Lipinski definition) is 14. The van der Waals surface area contributed by atoms with Gasteiger partial charge in [-0.05, 0) is 32.8 Å². The van der Waals surface area contributed by atoms with Crippen LogP contribution in [0.15, 0.2) is 26.8 Å². The predicted octanol–water partition coefficient (Wildman–Crippen LogP) is 0.761. The molecule has 44 heavy (non-hydrogen) atoms. The number of carbonyl (C=O) groups excluding carboxylic acids is 2. The zero-order chi connectivity index (χ0) is 32.5. The Kier molecular flexibility index (Phi) is 9.91. The summed E-state index contributed by atoms with van der Waals surface area (Å²) in [7, 11) is 0. The summed E-state index contributed by atoms with van der Waals surface area (Å²) in [4.78, 5) is 66.9. The highest BCUT2D eigenvalue weighted by atomic mass is 32.2. The fourth-order valence-corrected chi connectivity index (χ4v) is 7.75. The first-order valence-corrected chi connectivity index (χ1v) is 16.4. The lowest BCUT2D eigenvalue weighted by atomic mass is 10.00. The van der Waals surface area contributed by atoms with E-state index in [1.54, 1.807) is 0 Å². The van der Waals surface area contributed by atoms with Crippen LogP contribution < -0.4 is 16.8 Å². The maximum Gasteiger partial charge on any atom is 0.352 e. The molecule has 1 aromatic heterocycles. The van der Waals surface area contributed by atoms with Crippen molar-refractivity contribution in [1.82, 2.24) is 20.1 Å². The summed E-state index contributed by atoms with van der Waals surface area (Å²) in [5.41, 5.74) is 10.2. The second-order valence-corrected chi connectivity index (χ2v) is 13.3. The molecule has 2 amide bonds. The molecule has 238 valence electrons. The lowest BCUT2D eigenvalue weighted by molar-refractivity contribution is -0.161. The predicted molar refractivity (Wildman–Crippen MR) is 167 cm³/mol. The molecule has 1 aromatic rings. The number of anilines is 1. The van der Waals surface area contributed by atoms with Gasteiger partial charge in [-0.25, -0.2) is 19.6 Å². The molecule has 4 rings (SSSR count). The van der Waals surface area contributed by atoms with Gasteiger partial charge in [0.15, 0.2) is 16.0 Å². The number of amides is 2. The fraction of sp³-hybridized carbons (Fsp3) is 0.520. The summed E-state index contributed by atoms with van der Waals surface area (Å²) >= 11 is 3.56. The van der Waals surface area contributed by atoms with Gasteiger partial charge in [0.1, 0.15) is 28.6 Å². The SMILES string of the molecule is CCC1C(=N)N=C(SCC2=C(C(=O)O)N3C(=O)C(NC(=O)C(=NOC(C)(C)C(=O)O)c4csc(N)n4)[C@@H]3SC2)N(CC)C1N. The van der Waals surface area contributed by atoms with Gasteiger partial charge in [-0.15, -0.1) is 23.1 Å². The summed E-state index contributed by atoms with van der Waals surface area (Å²) in [6.07, 6.45) is 0.240. The van der Waals surface area contributed by atoms with Crippen LogP contribution >= 0.6 is 34.9 Å². The molecule has 3 unspecified atom stereocenters. The molecule has 3 aliphatic heterocycles. The number of nitrogens with zero attached hydrogens (tertiary/aromatic N) is 5. The summed E-state index contributed by atoms with van der Waals surface area (Å²) < 4.78 is 0. The minimum atomic E-state index is -1.77. The van der Waals surface area contributed by atoms with Gasteiger partial charge in [-0.2, -0.15) is 0 Å². The molecule has 8 N–H and O–H groups in total. The Morgan fingerprint density at radius 3 is 2.59 bits per heavy atom. The molecule has 4 atom stereocenters. The number of carboxylic acid groups (broad SMARTS) is 2. The maximum atomic E-state index is 13.3. The zero-order valence-electron chi connectivity index (χ0n) is 24.3. The van der Waals surface area contributed by atoms with Crippen molar-refractivity contribution in [3.8, 4) is 0 Å². The number of fused-ring (bicyclic) bond motifs is 1. The van der Waals surface area contributed by atoms with Gasteiger partial charge in [0.05, 0.1) is 12.1 Å². The summed E-state index contributed by atoms with van der Waals surface area (Å²) in [5, 5.41) is 35.3. The lowest BCUT2D eigenvalue weighted by Gasteiger charge is -2.49. The van der Waals surface area contributed by atoms with E-state index in [1.165, 1.54) is 42.8 Å². The van der Waals surface area contributed by atoms with Crippen molar-refractivity contribution in [2.45, 2.75) is 57.3 Å². The number of β-lactam (4-membered cyclic amide) rings is 1. The molecular weight excluding hydrogens is 635 g/mol. The van der Waals surface area contributed by atoms with Crippen molar-refractivity contribution in [3.05, 3.63) is 22.3 Å². The van der Waals surface area contributed by atoms with Crippen molar-refractivity contribution < 1.29 is 34.2 Å². The van der Waals surface area contributed by atoms with Gasteiger partial charge in [0.2, 0.25) is 5.60 Å². The van der Waals surface area contributed by atoms with E-state index < -0.39 is 52.6 Å². The van der Waals surface area contributed by atoms with E-state index in [0.29, 0.717) is 23.7 Å². The zero-order valence-corrected chi connectivity index (χ0v) is 26.7. The molecule has 0 aliphatic carbocycles. The third kappa shape index (κ3) is 6.40. The van der Waals surface area contributed by atoms with Crippen molar-refractivity contribution >= 4 is 80.5 Å². The minimum absolute atomic E-state index is 0.0151. The number of nitrogen functional groups attached to an aromatic ring is 1. The van der Waals surface area contributed by atoms with E-state index in [9.17, 15) is 29.4 Å². The Morgan fingerprint density at radius 1 is 1.32 bits per heavy atom. The molecule has 0 radical (unpaired) electrons. The first kappa shape index (κ1) is 33.2. The van der Waals surface area contributed by atoms with Crippen LogP contribution in [0.5, 0.6) is 0 Å². The van der Waals surface area contributed by atoms with E-state index >= 15 is 0 Å². The number of aromatic nitrogens is 1. The molecule has 0 aromatic carbocycles. The molecule has 4 heterocycles. The van der Waals surface area contributed by atoms with Gasteiger partial charge in [0, 0.05) is 23.4 Å². The van der Waals surface area contributed by atoms with Crippen molar-refractivity contribution in [2.75, 3.05) is 23.8 Å². The molecule has 0 saturated carbocycles. The van der Waals surface area contributed by atoms with Gasteiger partial charge in [-0.3, -0.25) is 19.9 Å². The first-order valence-electron chi connectivity index (χ1n) is 13.5. The fourth-order valence-electron chi connectivity index (χ4n) is 4.61. The highest BCUT2D eigenvalue weighted by Crippen LogP contribution is 2.41. The monoisotopic (exact) mass is 667 g/mol. The number of oxime groups is 1. The van der Waals surface area contributed by atoms with Gasteiger partial charge in [-0.1, -0.05) is 23.8 Å². The summed E-state index contributed by atoms with van der Waals surface area (Å²) in [6, 6.07) is -1.09. The number of nitrogens with two attached hydrogens (primary N) is 2. The molecule has 19 heteroatoms. The number of amidine groups is 2. The van der Waals surface area contributed by atoms with Crippen molar-refractivity contribution in [3.63, 3.8) is 0 Å². The lowest BCUT2D eigenvalue weighted by Crippen LogP contribution is -2.71. The molecule has 1 saturated heterocycles. The first-order chi connectivity index (χ1) is 20.7. The average molecular weight is 668 g/mol. The Labute approximate surface area is 264 Å². The Bertz CT molecular complexity index is 1470. The third-order valence-electron chi connectivity index (χ3n) is 7.14. The van der Waals surface area contributed by atoms with Crippen molar-refractivity contribution in [1.29, 1.82) is 5.41 Å². The molecular formula is C25H33N9O7S3. The molecule has 3 aliphatic rings. The molecule has 0 spiro atoms. The third-order valence-corrected chi connectivity index (χ3v) is 10.2. The maximum absolute atomic E-state index is 13.3. The number of hydrogen-bond donors (Lipinski definition) is 6. The number of thiazole rings is 1. The largest absolute Gasteiger partial charge is 0.478 e. The highest BCUT2D eigenvalue weighted by molar-refractivity contribution is 8.14. The van der Waals surface area contributed by atoms with Crippen LogP contribution in [0.25, 0.3) is 0 Å². The van der Waals surface area contributed by atoms with Crippen LogP contribution in [-0.4, -0.2) is 107 Å². The number of rotatable bonds is 11. The Hall–Kier alpha value is -3.68. The van der Waals surface area contributed by atoms with E-state index in [1.807, 2.05) is 18.7 Å². The highest BCUT2D eigenvalue weighted by Gasteiger charge is 2.54. The Morgan fingerprint density at radius 2 is 2.02 bits per heavy atom. The average Bonchev–Trinajstić information content (AvgIpc) is 3.39. The number of aliphatic carboxylic acids is 2. The quantitative estimate of drug-likeness (QED) is 0.108. The number of thioether (sulfide) groups is 2. The smallest absolute Gasteiger partial charge is 0.352 e. The Balaban J connectivity index is 1.52. The molecule has 16 nitrogen and oxygen atoms in total. The topological polar surface area (TPSA) is 250 Å². The van der Waals surface area contributed by atoms with E-state index in [0.717, 1.165) is 16.2 Å². The van der Waals surface area contributed by atoms with Crippen LogP contribution in [0.2, 0.25) is 0 Å². The van der Waals surface area contributed by atoms with Gasteiger partial charge in [0.25, 0.3) is 11.8 Å². The molecule has 1 fully saturated rings. The van der Waals surface area contributed by atoms with Crippen LogP contribution in [0.1, 0.15) is 39.8 Å². The summed E-state index contributed by atoms with van der Waals surface area (Å²) in [5.74, 6) is -3.71. The normalized spacial score (nSPS) is 24.0. The van der Waals surface area contributed by atoms with Gasteiger partial charge < -0.3 is 36.7 Å². The van der Waals surface area contributed by atoms with Crippen LogP contribution in [-0.2, 0) is 24.0 Å². The van der Waals surface area contributed by atoms with Gasteiger partial charge >= 0.3 is 11.9 Å². The van der Waals surface area contributed by atoms with Crippen LogP contribution in [0.3, 0.4) is 0 Å². The number of carboxylic acids is 2. The second kappa shape index (κ2) is 13.1. The van der Waals surface area contributed by atoms with E-state index in [-0.39, 0.29) is 39.8 Å². The summed E-state index contributed by atoms with van der Waals surface area (Å²) in [6.45, 7) is 6.91. The second-order valence-electron chi connectivity index (χ2n) is 10.4. The number of carbonyl (C=O) groups is 4. The van der Waals surface area contributed by atoms with E-state index in [4.69, 9.17) is 21.7 Å². The van der Waals surface area contributed by atoms with E-state index in [2.05, 4.69) is 20.4 Å². The van der Waals surface area contributed by atoms with Crippen LogP contribution in [0.4, 0.5) is 5.13 Å². The molecule has 0 bridgehead atoms.